The molecule has 4 rings (SSSR count). The number of hydrogen-bond acceptors (Lipinski definition) is 7. The molecule has 188 valence electrons. The van der Waals surface area contributed by atoms with Gasteiger partial charge in [0.1, 0.15) is 0 Å². The van der Waals surface area contributed by atoms with Gasteiger partial charge in [0, 0.05) is 0 Å². The van der Waals surface area contributed by atoms with E-state index in [1.807, 2.05) is 24.3 Å². The fraction of sp³-hybridized carbons (Fsp3) is 0.296. The van der Waals surface area contributed by atoms with Gasteiger partial charge in [-0.25, -0.2) is 9.79 Å². The molecule has 0 amide bonds. The molecule has 0 bridgehead atoms. The minimum absolute atomic E-state index is 0.118. The average molecular weight is 527 g/mol. The lowest BCUT2D eigenvalue weighted by atomic mass is 9.93. The number of allylic oxidation sites excluding steroid dienone is 1. The Bertz CT molecular complexity index is 1530. The number of halogens is 1. The number of carbonyl (C=O) groups excluding carboxylic acids is 1. The molecular weight excluding hydrogens is 500 g/mol. The number of phenolic OH excluding ortho intramolecular Hbond substituents is 1. The van der Waals surface area contributed by atoms with E-state index >= 15 is 0 Å². The summed E-state index contributed by atoms with van der Waals surface area (Å²) in [5.74, 6) is -0.108. The van der Waals surface area contributed by atoms with E-state index in [0.29, 0.717) is 38.7 Å². The van der Waals surface area contributed by atoms with E-state index in [-0.39, 0.29) is 22.1 Å². The van der Waals surface area contributed by atoms with Gasteiger partial charge < -0.3 is 14.6 Å². The van der Waals surface area contributed by atoms with Crippen molar-refractivity contribution in [2.45, 2.75) is 39.7 Å². The number of aromatic hydroxyl groups is 1. The van der Waals surface area contributed by atoms with E-state index in [1.54, 1.807) is 32.1 Å². The molecule has 1 aromatic heterocycles. The largest absolute Gasteiger partial charge is 0.503 e. The fourth-order valence-electron chi connectivity index (χ4n) is 4.17. The van der Waals surface area contributed by atoms with Crippen LogP contribution < -0.4 is 19.6 Å². The zero-order valence-electron chi connectivity index (χ0n) is 20.7. The number of benzene rings is 2. The Balaban J connectivity index is 1.93. The van der Waals surface area contributed by atoms with Crippen molar-refractivity contribution in [2.24, 2.45) is 4.99 Å². The summed E-state index contributed by atoms with van der Waals surface area (Å²) in [6.07, 6.45) is 1.67. The van der Waals surface area contributed by atoms with Crippen LogP contribution in [0.25, 0.3) is 6.08 Å². The first-order valence-electron chi connectivity index (χ1n) is 11.5. The van der Waals surface area contributed by atoms with Crippen molar-refractivity contribution in [2.75, 3.05) is 13.7 Å². The van der Waals surface area contributed by atoms with Gasteiger partial charge in [0.05, 0.1) is 40.6 Å². The number of ether oxygens (including phenoxy) is 2. The molecule has 2 heterocycles. The normalized spacial score (nSPS) is 15.6. The highest BCUT2D eigenvalue weighted by Gasteiger charge is 2.33. The summed E-state index contributed by atoms with van der Waals surface area (Å²) >= 11 is 7.40. The van der Waals surface area contributed by atoms with Gasteiger partial charge >= 0.3 is 5.97 Å². The Labute approximate surface area is 217 Å². The summed E-state index contributed by atoms with van der Waals surface area (Å²) in [5, 5.41) is 10.3. The SMILES string of the molecule is CCOc1cc(/C=c2\sc3n(c2=O)C(c2ccc(C(C)C)cc2)C(C(=O)OC)=C(C)N=3)cc(Cl)c1O. The van der Waals surface area contributed by atoms with Crippen LogP contribution in [0.2, 0.25) is 5.02 Å². The Morgan fingerprint density at radius 3 is 2.58 bits per heavy atom. The molecule has 1 N–H and O–H groups in total. The van der Waals surface area contributed by atoms with Crippen molar-refractivity contribution in [3.8, 4) is 11.5 Å². The van der Waals surface area contributed by atoms with Gasteiger partial charge in [-0.05, 0) is 54.7 Å². The zero-order chi connectivity index (χ0) is 26.1. The van der Waals surface area contributed by atoms with Gasteiger partial charge in [-0.15, -0.1) is 0 Å². The molecule has 1 aliphatic rings. The Hall–Kier alpha value is -3.36. The predicted octanol–water partition coefficient (Wildman–Crippen LogP) is 4.29. The maximum absolute atomic E-state index is 13.7. The van der Waals surface area contributed by atoms with Gasteiger partial charge in [0.15, 0.2) is 16.3 Å². The molecule has 0 aliphatic carbocycles. The Morgan fingerprint density at radius 1 is 1.28 bits per heavy atom. The highest BCUT2D eigenvalue weighted by Crippen LogP contribution is 2.35. The smallest absolute Gasteiger partial charge is 0.338 e. The number of nitrogens with zero attached hydrogens (tertiary/aromatic N) is 2. The molecule has 36 heavy (non-hydrogen) atoms. The summed E-state index contributed by atoms with van der Waals surface area (Å²) in [6, 6.07) is 10.4. The van der Waals surface area contributed by atoms with Crippen LogP contribution in [-0.4, -0.2) is 29.4 Å². The summed E-state index contributed by atoms with van der Waals surface area (Å²) in [4.78, 5) is 31.6. The van der Waals surface area contributed by atoms with Crippen LogP contribution >= 0.6 is 22.9 Å². The maximum Gasteiger partial charge on any atom is 0.338 e. The maximum atomic E-state index is 13.7. The fourth-order valence-corrected chi connectivity index (χ4v) is 5.43. The monoisotopic (exact) mass is 526 g/mol. The average Bonchev–Trinajstić information content (AvgIpc) is 3.15. The number of thiazole rings is 1. The van der Waals surface area contributed by atoms with Gasteiger partial charge in [-0.3, -0.25) is 9.36 Å². The van der Waals surface area contributed by atoms with Crippen LogP contribution in [0, 0.1) is 0 Å². The number of hydrogen-bond donors (Lipinski definition) is 1. The summed E-state index contributed by atoms with van der Waals surface area (Å²) in [5.41, 5.74) is 3.05. The zero-order valence-corrected chi connectivity index (χ0v) is 22.2. The van der Waals surface area contributed by atoms with Crippen LogP contribution in [0.1, 0.15) is 56.3 Å². The second-order valence-electron chi connectivity index (χ2n) is 8.68. The lowest BCUT2D eigenvalue weighted by Gasteiger charge is -2.24. The van der Waals surface area contributed by atoms with Crippen LogP contribution in [0.4, 0.5) is 0 Å². The third kappa shape index (κ3) is 4.70. The Morgan fingerprint density at radius 2 is 1.97 bits per heavy atom. The molecule has 0 saturated heterocycles. The topological polar surface area (TPSA) is 90.1 Å². The van der Waals surface area contributed by atoms with Gasteiger partial charge in [0.2, 0.25) is 0 Å². The number of rotatable bonds is 6. The van der Waals surface area contributed by atoms with Gasteiger partial charge in [-0.1, -0.05) is 61.1 Å². The number of aromatic nitrogens is 1. The molecule has 0 spiro atoms. The quantitative estimate of drug-likeness (QED) is 0.484. The predicted molar refractivity (Wildman–Crippen MR) is 141 cm³/mol. The van der Waals surface area contributed by atoms with Crippen molar-refractivity contribution in [1.29, 1.82) is 0 Å². The second-order valence-corrected chi connectivity index (χ2v) is 10.1. The minimum Gasteiger partial charge on any atom is -0.503 e. The molecule has 3 aromatic rings. The number of esters is 1. The highest BCUT2D eigenvalue weighted by molar-refractivity contribution is 7.07. The number of carbonyl (C=O) groups is 1. The molecule has 0 fully saturated rings. The van der Waals surface area contributed by atoms with Crippen molar-refractivity contribution in [3.63, 3.8) is 0 Å². The van der Waals surface area contributed by atoms with Gasteiger partial charge in [-0.2, -0.15) is 0 Å². The van der Waals surface area contributed by atoms with E-state index in [2.05, 4.69) is 18.8 Å². The molecule has 1 atom stereocenters. The first kappa shape index (κ1) is 25.7. The van der Waals surface area contributed by atoms with Crippen LogP contribution in [0.5, 0.6) is 11.5 Å². The van der Waals surface area contributed by atoms with Crippen molar-refractivity contribution < 1.29 is 19.4 Å². The van der Waals surface area contributed by atoms with E-state index in [1.165, 1.54) is 23.0 Å². The van der Waals surface area contributed by atoms with E-state index in [0.717, 1.165) is 11.1 Å². The molecule has 1 unspecified atom stereocenters. The lowest BCUT2D eigenvalue weighted by Crippen LogP contribution is -2.39. The summed E-state index contributed by atoms with van der Waals surface area (Å²) in [7, 11) is 1.32. The molecular formula is C27H27ClN2O5S. The molecule has 9 heteroatoms. The Kier molecular flexibility index (Phi) is 7.38. The molecule has 7 nitrogen and oxygen atoms in total. The first-order chi connectivity index (χ1) is 17.2. The van der Waals surface area contributed by atoms with E-state index in [4.69, 9.17) is 21.1 Å². The second kappa shape index (κ2) is 10.3. The number of methoxy groups -OCH3 is 1. The molecule has 1 aliphatic heterocycles. The standard InChI is InChI=1S/C27H27ClN2O5S/c1-6-35-20-12-16(11-19(28)24(20)31)13-21-25(32)30-23(18-9-7-17(8-10-18)14(2)3)22(26(33)34-5)15(4)29-27(30)36-21/h7-14,23,31H,6H2,1-5H3/b21-13-. The van der Waals surface area contributed by atoms with Crippen LogP contribution in [0.15, 0.2) is 57.5 Å². The van der Waals surface area contributed by atoms with Crippen LogP contribution in [-0.2, 0) is 9.53 Å². The van der Waals surface area contributed by atoms with Gasteiger partial charge in [0.25, 0.3) is 5.56 Å². The van der Waals surface area contributed by atoms with Crippen molar-refractivity contribution in [3.05, 3.63) is 89.1 Å². The third-order valence-corrected chi connectivity index (χ3v) is 7.27. The van der Waals surface area contributed by atoms with Crippen molar-refractivity contribution >= 4 is 35.0 Å². The number of fused-ring (bicyclic) bond motifs is 1. The minimum atomic E-state index is -0.681. The summed E-state index contributed by atoms with van der Waals surface area (Å²) in [6.45, 7) is 8.10. The molecule has 2 aromatic carbocycles. The molecule has 0 radical (unpaired) electrons. The molecule has 0 saturated carbocycles. The van der Waals surface area contributed by atoms with E-state index in [9.17, 15) is 14.7 Å². The van der Waals surface area contributed by atoms with Crippen LogP contribution in [0.3, 0.4) is 0 Å². The third-order valence-electron chi connectivity index (χ3n) is 5.99. The summed E-state index contributed by atoms with van der Waals surface area (Å²) < 4.78 is 12.5. The van der Waals surface area contributed by atoms with E-state index < -0.39 is 12.0 Å². The van der Waals surface area contributed by atoms with Crippen molar-refractivity contribution in [1.82, 2.24) is 4.57 Å². The highest BCUT2D eigenvalue weighted by atomic mass is 35.5. The lowest BCUT2D eigenvalue weighted by molar-refractivity contribution is -0.136. The first-order valence-corrected chi connectivity index (χ1v) is 12.7. The number of phenols is 1.